The van der Waals surface area contributed by atoms with E-state index in [1.165, 1.54) is 61.1 Å². The number of piperidine rings is 1. The average molecular weight is 379 g/mol. The van der Waals surface area contributed by atoms with Crippen LogP contribution < -0.4 is 0 Å². The molecule has 0 atom stereocenters. The van der Waals surface area contributed by atoms with Crippen LogP contribution in [0, 0.1) is 0 Å². The zero-order chi connectivity index (χ0) is 18.9. The lowest BCUT2D eigenvalue weighted by atomic mass is 9.95. The molecule has 2 aliphatic rings. The quantitative estimate of drug-likeness (QED) is 0.740. The Labute approximate surface area is 166 Å². The van der Waals surface area contributed by atoms with Gasteiger partial charge in [0.1, 0.15) is 11.6 Å². The first-order valence-corrected chi connectivity index (χ1v) is 10.7. The predicted molar refractivity (Wildman–Crippen MR) is 111 cm³/mol. The monoisotopic (exact) mass is 378 g/mol. The largest absolute Gasteiger partial charge is 0.361 e. The third kappa shape index (κ3) is 3.59. The van der Waals surface area contributed by atoms with Gasteiger partial charge in [0.25, 0.3) is 0 Å². The van der Waals surface area contributed by atoms with Gasteiger partial charge in [-0.25, -0.2) is 0 Å². The molecule has 0 spiro atoms. The number of aromatic amines is 1. The highest BCUT2D eigenvalue weighted by Crippen LogP contribution is 2.28. The van der Waals surface area contributed by atoms with E-state index in [1.54, 1.807) is 0 Å². The van der Waals surface area contributed by atoms with Gasteiger partial charge in [-0.05, 0) is 81.0 Å². The maximum absolute atomic E-state index is 4.58. The van der Waals surface area contributed by atoms with Gasteiger partial charge in [0, 0.05) is 31.2 Å². The van der Waals surface area contributed by atoms with Crippen LogP contribution in [-0.4, -0.2) is 55.7 Å². The second-order valence-electron chi connectivity index (χ2n) is 8.47. The molecule has 2 saturated heterocycles. The Morgan fingerprint density at radius 3 is 2.57 bits per heavy atom. The van der Waals surface area contributed by atoms with Crippen LogP contribution >= 0.6 is 0 Å². The molecule has 0 unspecified atom stereocenters. The van der Waals surface area contributed by atoms with Crippen LogP contribution in [0.25, 0.3) is 10.9 Å². The highest BCUT2D eigenvalue weighted by molar-refractivity contribution is 5.79. The molecule has 0 bridgehead atoms. The molecule has 0 amide bonds. The zero-order valence-corrected chi connectivity index (χ0v) is 16.8. The average Bonchev–Trinajstić information content (AvgIpc) is 3.45. The minimum absolute atomic E-state index is 0.535. The zero-order valence-electron chi connectivity index (χ0n) is 16.8. The van der Waals surface area contributed by atoms with Crippen LogP contribution in [0.5, 0.6) is 0 Å². The molecule has 1 N–H and O–H groups in total. The molecule has 2 aliphatic heterocycles. The summed E-state index contributed by atoms with van der Waals surface area (Å²) in [6, 6.07) is 8.90. The van der Waals surface area contributed by atoms with Crippen LogP contribution in [0.2, 0.25) is 0 Å². The molecule has 1 aromatic carbocycles. The van der Waals surface area contributed by atoms with Crippen LogP contribution in [0.3, 0.4) is 0 Å². The van der Waals surface area contributed by atoms with Gasteiger partial charge < -0.3 is 9.55 Å². The van der Waals surface area contributed by atoms with Gasteiger partial charge in [0.05, 0.1) is 6.54 Å². The number of H-pyrrole nitrogens is 1. The molecule has 4 heterocycles. The molecule has 2 fully saturated rings. The number of likely N-dealkylation sites (tertiary alicyclic amines) is 2. The Morgan fingerprint density at radius 1 is 0.964 bits per heavy atom. The highest BCUT2D eigenvalue weighted by Gasteiger charge is 2.26. The maximum Gasteiger partial charge on any atom is 0.146 e. The Balaban J connectivity index is 1.19. The van der Waals surface area contributed by atoms with E-state index in [1.807, 2.05) is 6.20 Å². The lowest BCUT2D eigenvalue weighted by molar-refractivity contribution is 0.200. The van der Waals surface area contributed by atoms with E-state index < -0.39 is 0 Å². The Morgan fingerprint density at radius 2 is 1.75 bits per heavy atom. The standard InChI is InChI=1S/C22H30N6/c1-26-21(16-27-10-2-3-11-27)24-25-22(26)18-7-12-28(13-8-18)15-17-4-5-20-19(14-17)6-9-23-20/h4-6,9,14,18,23H,2-3,7-8,10-13,15-16H2,1H3. The Kier molecular flexibility index (Phi) is 4.91. The summed E-state index contributed by atoms with van der Waals surface area (Å²) in [4.78, 5) is 8.35. The minimum atomic E-state index is 0.535. The van der Waals surface area contributed by atoms with E-state index in [0.29, 0.717) is 5.92 Å². The summed E-state index contributed by atoms with van der Waals surface area (Å²) in [6.45, 7) is 6.65. The van der Waals surface area contributed by atoms with Gasteiger partial charge >= 0.3 is 0 Å². The van der Waals surface area contributed by atoms with Crippen molar-refractivity contribution in [1.29, 1.82) is 0 Å². The van der Waals surface area contributed by atoms with Gasteiger partial charge in [-0.2, -0.15) is 0 Å². The molecule has 3 aromatic rings. The minimum Gasteiger partial charge on any atom is -0.361 e. The fourth-order valence-corrected chi connectivity index (χ4v) is 4.82. The smallest absolute Gasteiger partial charge is 0.146 e. The normalized spacial score (nSPS) is 19.8. The molecule has 28 heavy (non-hydrogen) atoms. The molecule has 0 radical (unpaired) electrons. The molecule has 5 rings (SSSR count). The molecule has 0 aliphatic carbocycles. The highest BCUT2D eigenvalue weighted by atomic mass is 15.3. The maximum atomic E-state index is 4.58. The summed E-state index contributed by atoms with van der Waals surface area (Å²) >= 11 is 0. The molecule has 6 heteroatoms. The predicted octanol–water partition coefficient (Wildman–Crippen LogP) is 3.27. The van der Waals surface area contributed by atoms with E-state index in [-0.39, 0.29) is 0 Å². The summed E-state index contributed by atoms with van der Waals surface area (Å²) in [5.41, 5.74) is 2.62. The lowest BCUT2D eigenvalue weighted by Gasteiger charge is -2.31. The summed E-state index contributed by atoms with van der Waals surface area (Å²) in [5, 5.41) is 10.4. The number of hydrogen-bond acceptors (Lipinski definition) is 4. The van der Waals surface area contributed by atoms with Crippen LogP contribution in [0.1, 0.15) is 48.8 Å². The van der Waals surface area contributed by atoms with Crippen molar-refractivity contribution in [2.75, 3.05) is 26.2 Å². The molecular weight excluding hydrogens is 348 g/mol. The molecule has 6 nitrogen and oxygen atoms in total. The van der Waals surface area contributed by atoms with Crippen molar-refractivity contribution >= 4 is 10.9 Å². The molecule has 2 aromatic heterocycles. The van der Waals surface area contributed by atoms with Crippen molar-refractivity contribution in [2.45, 2.75) is 44.7 Å². The molecule has 0 saturated carbocycles. The van der Waals surface area contributed by atoms with Gasteiger partial charge in [-0.15, -0.1) is 10.2 Å². The third-order valence-corrected chi connectivity index (χ3v) is 6.54. The van der Waals surface area contributed by atoms with E-state index in [9.17, 15) is 0 Å². The van der Waals surface area contributed by atoms with Crippen molar-refractivity contribution in [3.8, 4) is 0 Å². The van der Waals surface area contributed by atoms with Gasteiger partial charge in [0.2, 0.25) is 0 Å². The number of aromatic nitrogens is 4. The fourth-order valence-electron chi connectivity index (χ4n) is 4.82. The van der Waals surface area contributed by atoms with E-state index in [2.05, 4.69) is 60.9 Å². The van der Waals surface area contributed by atoms with Crippen molar-refractivity contribution in [3.05, 3.63) is 47.7 Å². The Hall–Kier alpha value is -2.18. The van der Waals surface area contributed by atoms with Crippen molar-refractivity contribution in [1.82, 2.24) is 29.5 Å². The summed E-state index contributed by atoms with van der Waals surface area (Å²) in [7, 11) is 2.15. The van der Waals surface area contributed by atoms with Crippen LogP contribution in [-0.2, 0) is 20.1 Å². The van der Waals surface area contributed by atoms with E-state index in [4.69, 9.17) is 0 Å². The summed E-state index contributed by atoms with van der Waals surface area (Å²) in [6.07, 6.45) is 6.99. The summed E-state index contributed by atoms with van der Waals surface area (Å²) < 4.78 is 2.26. The number of nitrogens with zero attached hydrogens (tertiary/aromatic N) is 5. The number of rotatable bonds is 5. The first kappa shape index (κ1) is 17.9. The first-order chi connectivity index (χ1) is 13.8. The topological polar surface area (TPSA) is 53.0 Å². The first-order valence-electron chi connectivity index (χ1n) is 10.7. The van der Waals surface area contributed by atoms with Crippen molar-refractivity contribution in [3.63, 3.8) is 0 Å². The van der Waals surface area contributed by atoms with Crippen LogP contribution in [0.15, 0.2) is 30.5 Å². The lowest BCUT2D eigenvalue weighted by Crippen LogP contribution is -2.33. The second kappa shape index (κ2) is 7.68. The van der Waals surface area contributed by atoms with Gasteiger partial charge in [-0.3, -0.25) is 9.80 Å². The number of nitrogens with one attached hydrogen (secondary N) is 1. The molecule has 148 valence electrons. The fraction of sp³-hybridized carbons (Fsp3) is 0.545. The second-order valence-corrected chi connectivity index (χ2v) is 8.47. The SMILES string of the molecule is Cn1c(CN2CCCC2)nnc1C1CCN(Cc2ccc3[nH]ccc3c2)CC1. The van der Waals surface area contributed by atoms with Crippen molar-refractivity contribution < 1.29 is 0 Å². The number of fused-ring (bicyclic) bond motifs is 1. The summed E-state index contributed by atoms with van der Waals surface area (Å²) in [5.74, 6) is 2.84. The van der Waals surface area contributed by atoms with Crippen LogP contribution in [0.4, 0.5) is 0 Å². The Bertz CT molecular complexity index is 928. The van der Waals surface area contributed by atoms with E-state index in [0.717, 1.165) is 32.0 Å². The third-order valence-electron chi connectivity index (χ3n) is 6.54. The molecular formula is C22H30N6. The van der Waals surface area contributed by atoms with E-state index >= 15 is 0 Å². The van der Waals surface area contributed by atoms with Crippen molar-refractivity contribution in [2.24, 2.45) is 7.05 Å². The van der Waals surface area contributed by atoms with Gasteiger partial charge in [0.15, 0.2) is 0 Å². The van der Waals surface area contributed by atoms with Gasteiger partial charge in [-0.1, -0.05) is 6.07 Å². The number of hydrogen-bond donors (Lipinski definition) is 1. The number of benzene rings is 1.